The molecule has 0 saturated heterocycles. The van der Waals surface area contributed by atoms with Gasteiger partial charge in [0.25, 0.3) is 0 Å². The Labute approximate surface area is 217 Å². The summed E-state index contributed by atoms with van der Waals surface area (Å²) >= 11 is 0. The van der Waals surface area contributed by atoms with Crippen molar-refractivity contribution >= 4 is 11.0 Å². The second kappa shape index (κ2) is 11.0. The molecule has 37 heavy (non-hydrogen) atoms. The zero-order valence-electron chi connectivity index (χ0n) is 21.0. The minimum absolute atomic E-state index is 0.278. The van der Waals surface area contributed by atoms with E-state index in [2.05, 4.69) is 74.8 Å². The second-order valence-electron chi connectivity index (χ2n) is 9.84. The lowest BCUT2D eigenvalue weighted by molar-refractivity contribution is 0.153. The number of rotatable bonds is 9. The first-order chi connectivity index (χ1) is 18.3. The summed E-state index contributed by atoms with van der Waals surface area (Å²) in [6.07, 6.45) is 9.01. The van der Waals surface area contributed by atoms with Gasteiger partial charge in [-0.1, -0.05) is 42.5 Å². The van der Waals surface area contributed by atoms with Crippen molar-refractivity contribution in [1.29, 1.82) is 0 Å². The maximum absolute atomic E-state index is 4.89. The van der Waals surface area contributed by atoms with Gasteiger partial charge in [0, 0.05) is 38.2 Å². The number of para-hydroxylation sites is 2. The van der Waals surface area contributed by atoms with Crippen molar-refractivity contribution in [1.82, 2.24) is 30.2 Å². The fourth-order valence-electron chi connectivity index (χ4n) is 5.34. The Bertz CT molecular complexity index is 1410. The molecule has 0 amide bonds. The van der Waals surface area contributed by atoms with Crippen LogP contribution >= 0.6 is 0 Å². The number of hydrogen-bond acceptors (Lipinski definition) is 5. The van der Waals surface area contributed by atoms with Crippen LogP contribution in [0.25, 0.3) is 11.0 Å². The van der Waals surface area contributed by atoms with Crippen LogP contribution < -0.4 is 5.32 Å². The van der Waals surface area contributed by atoms with Gasteiger partial charge in [-0.15, -0.1) is 0 Å². The Morgan fingerprint density at radius 3 is 2.43 bits per heavy atom. The predicted molar refractivity (Wildman–Crippen MR) is 146 cm³/mol. The summed E-state index contributed by atoms with van der Waals surface area (Å²) in [5.41, 5.74) is 8.54. The van der Waals surface area contributed by atoms with Gasteiger partial charge in [0.1, 0.15) is 5.82 Å². The van der Waals surface area contributed by atoms with Crippen molar-refractivity contribution in [3.05, 3.63) is 125 Å². The van der Waals surface area contributed by atoms with Crippen LogP contribution in [0.4, 0.5) is 0 Å². The van der Waals surface area contributed by atoms with E-state index in [1.165, 1.54) is 34.4 Å². The molecule has 6 nitrogen and oxygen atoms in total. The lowest BCUT2D eigenvalue weighted by Gasteiger charge is -2.34. The Kier molecular flexibility index (Phi) is 7.01. The quantitative estimate of drug-likeness (QED) is 0.278. The molecule has 1 aliphatic rings. The van der Waals surface area contributed by atoms with Crippen LogP contribution in [0.15, 0.2) is 91.4 Å². The van der Waals surface area contributed by atoms with Gasteiger partial charge < -0.3 is 10.3 Å². The van der Waals surface area contributed by atoms with Crippen LogP contribution in [-0.2, 0) is 32.6 Å². The van der Waals surface area contributed by atoms with Crippen molar-refractivity contribution in [3.63, 3.8) is 0 Å². The van der Waals surface area contributed by atoms with Gasteiger partial charge in [-0.2, -0.15) is 0 Å². The van der Waals surface area contributed by atoms with E-state index < -0.39 is 0 Å². The third-order valence-corrected chi connectivity index (χ3v) is 7.21. The first-order valence-electron chi connectivity index (χ1n) is 13.1. The highest BCUT2D eigenvalue weighted by Gasteiger charge is 2.28. The van der Waals surface area contributed by atoms with Crippen molar-refractivity contribution in [2.24, 2.45) is 0 Å². The van der Waals surface area contributed by atoms with Gasteiger partial charge in [-0.3, -0.25) is 14.9 Å². The van der Waals surface area contributed by atoms with Crippen molar-refractivity contribution < 1.29 is 0 Å². The minimum Gasteiger partial charge on any atom is -0.341 e. The molecule has 0 bridgehead atoms. The lowest BCUT2D eigenvalue weighted by Crippen LogP contribution is -2.31. The summed E-state index contributed by atoms with van der Waals surface area (Å²) in [5.74, 6) is 1.00. The molecule has 6 rings (SSSR count). The molecule has 2 aromatic carbocycles. The number of aromatic nitrogens is 4. The Hall–Kier alpha value is -3.87. The smallest absolute Gasteiger partial charge is 0.121 e. The van der Waals surface area contributed by atoms with Crippen LogP contribution in [0.2, 0.25) is 0 Å². The molecule has 1 atom stereocenters. The standard InChI is InChI=1S/C31H32N6/c1-2-8-28-27(7-1)35-30(36-28)22-37(29-9-3-5-26-6-4-16-34-31(26)29)21-25-12-10-23(11-13-25)19-33-20-24-14-17-32-18-15-24/h1-2,4,6-8,10-18,29,33H,3,5,9,19-22H2,(H,35,36). The molecule has 3 heterocycles. The molecule has 0 fully saturated rings. The monoisotopic (exact) mass is 488 g/mol. The highest BCUT2D eigenvalue weighted by atomic mass is 15.2. The van der Waals surface area contributed by atoms with Gasteiger partial charge in [0.15, 0.2) is 0 Å². The summed E-state index contributed by atoms with van der Waals surface area (Å²) in [5, 5.41) is 3.53. The number of H-pyrrole nitrogens is 1. The third kappa shape index (κ3) is 5.61. The molecular weight excluding hydrogens is 456 g/mol. The molecule has 0 radical (unpaired) electrons. The van der Waals surface area contributed by atoms with E-state index in [0.29, 0.717) is 0 Å². The number of nitrogens with zero attached hydrogens (tertiary/aromatic N) is 4. The lowest BCUT2D eigenvalue weighted by atomic mass is 9.90. The number of hydrogen-bond donors (Lipinski definition) is 2. The largest absolute Gasteiger partial charge is 0.341 e. The van der Waals surface area contributed by atoms with Crippen molar-refractivity contribution in [2.45, 2.75) is 51.5 Å². The van der Waals surface area contributed by atoms with E-state index in [4.69, 9.17) is 9.97 Å². The zero-order valence-corrected chi connectivity index (χ0v) is 21.0. The average Bonchev–Trinajstić information content (AvgIpc) is 3.36. The molecule has 0 spiro atoms. The van der Waals surface area contributed by atoms with E-state index in [-0.39, 0.29) is 6.04 Å². The van der Waals surface area contributed by atoms with Gasteiger partial charge in [0.05, 0.1) is 29.3 Å². The SMILES string of the molecule is c1cnc2c(c1)CCCC2N(Cc1ccc(CNCc2ccncc2)cc1)Cc1nc2ccccc2[nH]1. The van der Waals surface area contributed by atoms with E-state index in [0.717, 1.165) is 55.9 Å². The number of aryl methyl sites for hydroxylation is 1. The highest BCUT2D eigenvalue weighted by molar-refractivity contribution is 5.74. The summed E-state index contributed by atoms with van der Waals surface area (Å²) in [6.45, 7) is 3.28. The molecule has 3 aromatic heterocycles. The highest BCUT2D eigenvalue weighted by Crippen LogP contribution is 2.34. The summed E-state index contributed by atoms with van der Waals surface area (Å²) in [6, 6.07) is 25.9. The third-order valence-electron chi connectivity index (χ3n) is 7.21. The fraction of sp³-hybridized carbons (Fsp3) is 0.258. The molecule has 1 aliphatic carbocycles. The first kappa shape index (κ1) is 23.5. The average molecular weight is 489 g/mol. The Morgan fingerprint density at radius 1 is 0.811 bits per heavy atom. The number of imidazole rings is 1. The predicted octanol–water partition coefficient (Wildman–Crippen LogP) is 5.72. The van der Waals surface area contributed by atoms with E-state index in [9.17, 15) is 0 Å². The topological polar surface area (TPSA) is 69.7 Å². The summed E-state index contributed by atoms with van der Waals surface area (Å²) in [4.78, 5) is 19.9. The van der Waals surface area contributed by atoms with Gasteiger partial charge in [-0.25, -0.2) is 4.98 Å². The van der Waals surface area contributed by atoms with E-state index >= 15 is 0 Å². The summed E-state index contributed by atoms with van der Waals surface area (Å²) in [7, 11) is 0. The van der Waals surface area contributed by atoms with Crippen LogP contribution in [0, 0.1) is 0 Å². The van der Waals surface area contributed by atoms with E-state index in [1.807, 2.05) is 36.8 Å². The van der Waals surface area contributed by atoms with Gasteiger partial charge in [0.2, 0.25) is 0 Å². The van der Waals surface area contributed by atoms with E-state index in [1.54, 1.807) is 0 Å². The van der Waals surface area contributed by atoms with Crippen molar-refractivity contribution in [3.8, 4) is 0 Å². The van der Waals surface area contributed by atoms with Crippen LogP contribution in [-0.4, -0.2) is 24.8 Å². The molecule has 1 unspecified atom stereocenters. The Morgan fingerprint density at radius 2 is 1.59 bits per heavy atom. The van der Waals surface area contributed by atoms with Crippen molar-refractivity contribution in [2.75, 3.05) is 0 Å². The molecular formula is C31H32N6. The Balaban J connectivity index is 1.19. The number of nitrogens with one attached hydrogen (secondary N) is 2. The molecule has 2 N–H and O–H groups in total. The zero-order chi connectivity index (χ0) is 24.9. The van der Waals surface area contributed by atoms with Crippen LogP contribution in [0.3, 0.4) is 0 Å². The maximum atomic E-state index is 4.89. The first-order valence-corrected chi connectivity index (χ1v) is 13.1. The number of benzene rings is 2. The normalized spacial score (nSPS) is 15.2. The fourth-order valence-corrected chi connectivity index (χ4v) is 5.34. The second-order valence-corrected chi connectivity index (χ2v) is 9.84. The molecule has 186 valence electrons. The van der Waals surface area contributed by atoms with Gasteiger partial charge in [-0.05, 0) is 71.8 Å². The number of pyridine rings is 2. The molecule has 0 saturated carbocycles. The number of aromatic amines is 1. The maximum Gasteiger partial charge on any atom is 0.121 e. The summed E-state index contributed by atoms with van der Waals surface area (Å²) < 4.78 is 0. The molecule has 0 aliphatic heterocycles. The van der Waals surface area contributed by atoms with Crippen LogP contribution in [0.1, 0.15) is 52.7 Å². The van der Waals surface area contributed by atoms with Gasteiger partial charge >= 0.3 is 0 Å². The molecule has 5 aromatic rings. The molecule has 6 heteroatoms. The van der Waals surface area contributed by atoms with Crippen LogP contribution in [0.5, 0.6) is 0 Å². The number of fused-ring (bicyclic) bond motifs is 2. The minimum atomic E-state index is 0.278.